The lowest BCUT2D eigenvalue weighted by Crippen LogP contribution is -2.54. The van der Waals surface area contributed by atoms with Gasteiger partial charge in [0, 0.05) is 71.9 Å². The fraction of sp³-hybridized carbons (Fsp3) is 0. The van der Waals surface area contributed by atoms with E-state index in [4.69, 9.17) is 21.1 Å². The predicted molar refractivity (Wildman–Crippen MR) is 259 cm³/mol. The molecule has 0 atom stereocenters. The van der Waals surface area contributed by atoms with Crippen LogP contribution in [0.15, 0.2) is 177 Å². The zero-order valence-electron chi connectivity index (χ0n) is 36.3. The number of hydrogen-bond donors (Lipinski definition) is 2. The summed E-state index contributed by atoms with van der Waals surface area (Å²) >= 11 is 6.03. The average molecular weight is 971 g/mol. The Bertz CT molecular complexity index is 3660. The summed E-state index contributed by atoms with van der Waals surface area (Å²) in [5.74, 6) is -3.33. The maximum atomic E-state index is 16.7. The van der Waals surface area contributed by atoms with Crippen LogP contribution in [0.5, 0.6) is 23.0 Å². The monoisotopic (exact) mass is 970 g/mol. The van der Waals surface area contributed by atoms with Crippen molar-refractivity contribution in [3.8, 4) is 45.5 Å². The Morgan fingerprint density at radius 2 is 1.08 bits per heavy atom. The van der Waals surface area contributed by atoms with Gasteiger partial charge in [0.25, 0.3) is 0 Å². The largest absolute Gasteiger partial charge is 0.457 e. The zero-order valence-corrected chi connectivity index (χ0v) is 37.1. The number of fused-ring (bicyclic) bond motifs is 2. The van der Waals surface area contributed by atoms with Gasteiger partial charge in [-0.3, -0.25) is 19.9 Å². The number of urea groups is 2. The zero-order chi connectivity index (χ0) is 49.0. The first-order valence-electron chi connectivity index (χ1n) is 21.2. The van der Waals surface area contributed by atoms with E-state index in [1.54, 1.807) is 85.7 Å². The van der Waals surface area contributed by atoms with Crippen molar-refractivity contribution in [1.82, 2.24) is 29.9 Å². The summed E-state index contributed by atoms with van der Waals surface area (Å²) in [4.78, 5) is 55.5. The number of halogens is 5. The summed E-state index contributed by atoms with van der Waals surface area (Å²) in [5, 5.41) is 5.55. The fourth-order valence-electron chi connectivity index (χ4n) is 7.23. The molecule has 4 aromatic heterocycles. The van der Waals surface area contributed by atoms with E-state index in [1.165, 1.54) is 36.4 Å². The standard InChI is InChI=1S/C52H31ClF4N10O4/c53-39-13-8-34(21-40(39)55)66(52(69)65-43-14-9-35(22-41(43)56)70-37-10-15-44-46(24-37)63-48(28-60-44)30-4-2-18-58-26-30)67(51(68)62-33-7-1-6-32(54)20-33)50-17-12-36(23-42(50)57)71-38-11-16-45-47(25-38)64-49(29-61-45)31-5-3-19-59-27-31/h1-29H,(H,62,68)(H,65,69). The van der Waals surface area contributed by atoms with E-state index in [9.17, 15) is 14.0 Å². The molecule has 348 valence electrons. The number of pyridine rings is 2. The van der Waals surface area contributed by atoms with Crippen LogP contribution >= 0.6 is 11.6 Å². The van der Waals surface area contributed by atoms with Crippen molar-refractivity contribution in [2.24, 2.45) is 0 Å². The minimum atomic E-state index is -1.28. The van der Waals surface area contributed by atoms with Crippen LogP contribution in [-0.4, -0.2) is 42.0 Å². The number of nitrogens with zero attached hydrogens (tertiary/aromatic N) is 8. The molecule has 14 nitrogen and oxygen atoms in total. The Morgan fingerprint density at radius 3 is 1.65 bits per heavy atom. The van der Waals surface area contributed by atoms with Crippen molar-refractivity contribution in [2.75, 3.05) is 20.7 Å². The summed E-state index contributed by atoms with van der Waals surface area (Å²) < 4.78 is 74.4. The lowest BCUT2D eigenvalue weighted by Gasteiger charge is -2.35. The van der Waals surface area contributed by atoms with Crippen molar-refractivity contribution in [3.63, 3.8) is 0 Å². The number of rotatable bonds is 10. The third-order valence-corrected chi connectivity index (χ3v) is 10.9. The number of benzene rings is 6. The Morgan fingerprint density at radius 1 is 0.507 bits per heavy atom. The minimum absolute atomic E-state index is 0.0273. The number of nitrogens with one attached hydrogen (secondary N) is 2. The van der Waals surface area contributed by atoms with Gasteiger partial charge in [-0.05, 0) is 103 Å². The topological polar surface area (TPSA) is 160 Å². The molecule has 4 heterocycles. The number of ether oxygens (including phenoxy) is 2. The van der Waals surface area contributed by atoms with E-state index < -0.39 is 46.7 Å². The second-order valence-electron chi connectivity index (χ2n) is 15.3. The predicted octanol–water partition coefficient (Wildman–Crippen LogP) is 13.2. The number of hydrazine groups is 1. The molecule has 10 aromatic rings. The van der Waals surface area contributed by atoms with E-state index >= 15 is 13.2 Å². The molecular formula is C52H31ClF4N10O4. The van der Waals surface area contributed by atoms with Crippen LogP contribution in [0.1, 0.15) is 0 Å². The highest BCUT2D eigenvalue weighted by Gasteiger charge is 2.33. The average Bonchev–Trinajstić information content (AvgIpc) is 3.37. The summed E-state index contributed by atoms with van der Waals surface area (Å²) in [6.45, 7) is 0. The number of amides is 4. The van der Waals surface area contributed by atoms with Gasteiger partial charge in [0.05, 0.1) is 62.2 Å². The molecule has 6 aromatic carbocycles. The molecule has 0 fully saturated rings. The number of carbonyl (C=O) groups is 2. The normalized spacial score (nSPS) is 11.0. The van der Waals surface area contributed by atoms with Crippen LogP contribution in [0.2, 0.25) is 5.02 Å². The molecule has 71 heavy (non-hydrogen) atoms. The van der Waals surface area contributed by atoms with Crippen molar-refractivity contribution >= 4 is 68.5 Å². The molecular weight excluding hydrogens is 940 g/mol. The van der Waals surface area contributed by atoms with Crippen molar-refractivity contribution in [3.05, 3.63) is 205 Å². The molecule has 0 saturated heterocycles. The summed E-state index contributed by atoms with van der Waals surface area (Å²) in [5.41, 5.74) is 3.25. The Hall–Kier alpha value is -9.55. The first-order chi connectivity index (χ1) is 34.5. The highest BCUT2D eigenvalue weighted by Crippen LogP contribution is 2.35. The second kappa shape index (κ2) is 19.6. The highest BCUT2D eigenvalue weighted by molar-refractivity contribution is 6.30. The quantitative estimate of drug-likeness (QED) is 0.0997. The van der Waals surface area contributed by atoms with Gasteiger partial charge < -0.3 is 20.1 Å². The van der Waals surface area contributed by atoms with Gasteiger partial charge in [0.1, 0.15) is 46.1 Å². The van der Waals surface area contributed by atoms with Crippen LogP contribution in [0.4, 0.5) is 49.9 Å². The van der Waals surface area contributed by atoms with Crippen LogP contribution < -0.4 is 30.1 Å². The lowest BCUT2D eigenvalue weighted by molar-refractivity contribution is 0.248. The first-order valence-corrected chi connectivity index (χ1v) is 21.6. The van der Waals surface area contributed by atoms with Gasteiger partial charge in [-0.15, -0.1) is 0 Å². The maximum Gasteiger partial charge on any atom is 0.346 e. The molecule has 19 heteroatoms. The van der Waals surface area contributed by atoms with E-state index in [0.29, 0.717) is 49.2 Å². The molecule has 0 saturated carbocycles. The highest BCUT2D eigenvalue weighted by atomic mass is 35.5. The van der Waals surface area contributed by atoms with Crippen LogP contribution in [-0.2, 0) is 0 Å². The number of aromatic nitrogens is 6. The van der Waals surface area contributed by atoms with Crippen LogP contribution in [0, 0.1) is 23.3 Å². The maximum absolute atomic E-state index is 16.7. The van der Waals surface area contributed by atoms with Crippen LogP contribution in [0.25, 0.3) is 44.6 Å². The van der Waals surface area contributed by atoms with Gasteiger partial charge in [-0.25, -0.2) is 37.1 Å². The van der Waals surface area contributed by atoms with Crippen molar-refractivity contribution < 1.29 is 36.6 Å². The molecule has 0 aliphatic heterocycles. The number of anilines is 4. The number of hydrogen-bond acceptors (Lipinski definition) is 10. The third-order valence-electron chi connectivity index (χ3n) is 10.6. The van der Waals surface area contributed by atoms with E-state index in [-0.39, 0.29) is 33.6 Å². The molecule has 0 unspecified atom stereocenters. The van der Waals surface area contributed by atoms with E-state index in [2.05, 4.69) is 40.5 Å². The SMILES string of the molecule is O=C(Nc1ccc(Oc2ccc3ncc(-c4cccnc4)nc3c2)cc1F)N(c1ccc(Cl)c(F)c1)N(C(=O)Nc1cccc(F)c1)c1ccc(Oc2ccc3ncc(-c4cccnc4)nc3c2)cc1F. The summed E-state index contributed by atoms with van der Waals surface area (Å²) in [6.07, 6.45) is 9.81. The molecule has 0 radical (unpaired) electrons. The third kappa shape index (κ3) is 10.0. The van der Waals surface area contributed by atoms with Gasteiger partial charge in [0.15, 0.2) is 5.82 Å². The molecule has 10 rings (SSSR count). The summed E-state index contributed by atoms with van der Waals surface area (Å²) in [6, 6.07) is 29.3. The molecule has 0 aliphatic carbocycles. The minimum Gasteiger partial charge on any atom is -0.457 e. The molecule has 2 N–H and O–H groups in total. The van der Waals surface area contributed by atoms with Crippen LogP contribution in [0.3, 0.4) is 0 Å². The van der Waals surface area contributed by atoms with Crippen molar-refractivity contribution in [1.29, 1.82) is 0 Å². The summed E-state index contributed by atoms with van der Waals surface area (Å²) in [7, 11) is 0. The van der Waals surface area contributed by atoms with E-state index in [1.807, 2.05) is 12.1 Å². The van der Waals surface area contributed by atoms with Crippen molar-refractivity contribution in [2.45, 2.75) is 0 Å². The second-order valence-corrected chi connectivity index (χ2v) is 15.8. The Labute approximate surface area is 404 Å². The van der Waals surface area contributed by atoms with Gasteiger partial charge in [-0.1, -0.05) is 17.7 Å². The first kappa shape index (κ1) is 45.2. The molecule has 4 amide bonds. The molecule has 0 bridgehead atoms. The number of carbonyl (C=O) groups excluding carboxylic acids is 2. The van der Waals surface area contributed by atoms with Gasteiger partial charge >= 0.3 is 12.1 Å². The van der Waals surface area contributed by atoms with Gasteiger partial charge in [-0.2, -0.15) is 10.0 Å². The fourth-order valence-corrected chi connectivity index (χ4v) is 7.35. The Kier molecular flexibility index (Phi) is 12.5. The molecule has 0 spiro atoms. The Balaban J connectivity index is 0.961. The molecule has 0 aliphatic rings. The van der Waals surface area contributed by atoms with Gasteiger partial charge in [0.2, 0.25) is 0 Å². The van der Waals surface area contributed by atoms with E-state index in [0.717, 1.165) is 53.6 Å². The lowest BCUT2D eigenvalue weighted by atomic mass is 10.2. The smallest absolute Gasteiger partial charge is 0.346 e.